The molecule has 8 heteroatoms. The maximum atomic E-state index is 5.71. The molecule has 0 radical (unpaired) electrons. The lowest BCUT2D eigenvalue weighted by molar-refractivity contribution is 1.28. The molecule has 0 spiro atoms. The van der Waals surface area contributed by atoms with Crippen LogP contribution in [-0.4, -0.2) is 9.97 Å². The van der Waals surface area contributed by atoms with E-state index in [1.807, 2.05) is 0 Å². The van der Waals surface area contributed by atoms with Gasteiger partial charge in [-0.3, -0.25) is 0 Å². The Morgan fingerprint density at radius 3 is 0.922 bits per heavy atom. The van der Waals surface area contributed by atoms with Crippen molar-refractivity contribution >= 4 is 155 Å². The van der Waals surface area contributed by atoms with Crippen LogP contribution in [0.2, 0.25) is 0 Å². The number of aromatic nitrogens is 2. The van der Waals surface area contributed by atoms with Gasteiger partial charge in [-0.1, -0.05) is 109 Å². The molecule has 0 aliphatic carbocycles. The number of hydrogen-bond acceptors (Lipinski definition) is 4. The number of rotatable bonds is 8. The minimum atomic E-state index is 0.852. The zero-order valence-electron chi connectivity index (χ0n) is 33.9. The molecule has 0 atom stereocenters. The highest BCUT2D eigenvalue weighted by molar-refractivity contribution is 14.1. The van der Waals surface area contributed by atoms with Crippen molar-refractivity contribution in [1.82, 2.24) is 9.97 Å². The van der Waals surface area contributed by atoms with Gasteiger partial charge >= 0.3 is 0 Å². The van der Waals surface area contributed by atoms with E-state index in [9.17, 15) is 0 Å². The zero-order chi connectivity index (χ0) is 43.3. The minimum absolute atomic E-state index is 0.852. The highest BCUT2D eigenvalue weighted by Gasteiger charge is 2.21. The number of halogens is 4. The van der Waals surface area contributed by atoms with Crippen molar-refractivity contribution in [2.75, 3.05) is 9.80 Å². The van der Waals surface area contributed by atoms with Crippen LogP contribution in [0.15, 0.2) is 215 Å². The molecule has 64 heavy (non-hydrogen) atoms. The Morgan fingerprint density at radius 1 is 0.312 bits per heavy atom. The van der Waals surface area contributed by atoms with Gasteiger partial charge in [0.1, 0.15) is 0 Å². The summed E-state index contributed by atoms with van der Waals surface area (Å²) in [5, 5.41) is 4.39. The van der Waals surface area contributed by atoms with Crippen LogP contribution in [0.3, 0.4) is 0 Å². The molecule has 0 saturated carbocycles. The molecule has 0 unspecified atom stereocenters. The number of anilines is 6. The summed E-state index contributed by atoms with van der Waals surface area (Å²) in [6, 6.07) is 73.1. The summed E-state index contributed by atoms with van der Waals surface area (Å²) < 4.78 is 4.33. The lowest BCUT2D eigenvalue weighted by atomic mass is 9.95. The van der Waals surface area contributed by atoms with Crippen LogP contribution in [0.1, 0.15) is 0 Å². The van der Waals surface area contributed by atoms with Crippen molar-refractivity contribution in [3.8, 4) is 22.3 Å². The van der Waals surface area contributed by atoms with E-state index in [0.717, 1.165) is 116 Å². The largest absolute Gasteiger partial charge is 0.311 e. The first-order chi connectivity index (χ1) is 31.4. The Labute approximate surface area is 415 Å². The Hall–Kier alpha value is -5.66. The maximum Gasteiger partial charge on any atom is 0.0980 e. The molecule has 10 aromatic carbocycles. The van der Waals surface area contributed by atoms with Gasteiger partial charge in [-0.05, 0) is 196 Å². The van der Waals surface area contributed by atoms with Gasteiger partial charge in [0.05, 0.1) is 22.1 Å². The number of fused-ring (bicyclic) bond motifs is 7. The number of nitrogens with zero attached hydrogens (tertiary/aromatic N) is 4. The molecule has 1 heterocycles. The van der Waals surface area contributed by atoms with Gasteiger partial charge in [-0.15, -0.1) is 0 Å². The molecule has 0 N–H and O–H groups in total. The van der Waals surface area contributed by atoms with Crippen LogP contribution in [0, 0.1) is 7.14 Å². The fourth-order valence-electron chi connectivity index (χ4n) is 8.69. The fourth-order valence-corrected chi connectivity index (χ4v) is 10.3. The fraction of sp³-hybridized carbons (Fsp3) is 0. The smallest absolute Gasteiger partial charge is 0.0980 e. The Bertz CT molecular complexity index is 3210. The average molecular weight is 1180 g/mol. The van der Waals surface area contributed by atoms with Gasteiger partial charge in [-0.25, -0.2) is 9.97 Å². The first-order valence-corrected chi connectivity index (χ1v) is 24.5. The molecule has 4 nitrogen and oxygen atoms in total. The normalized spacial score (nSPS) is 11.4. The second-order valence-corrected chi connectivity index (χ2v) is 19.5. The van der Waals surface area contributed by atoms with Gasteiger partial charge in [0, 0.05) is 72.1 Å². The highest BCUT2D eigenvalue weighted by Crippen LogP contribution is 2.44. The molecule has 0 aliphatic rings. The quantitative estimate of drug-likeness (QED) is 0.0862. The van der Waals surface area contributed by atoms with Crippen molar-refractivity contribution in [1.29, 1.82) is 0 Å². The third-order valence-corrected chi connectivity index (χ3v) is 16.3. The van der Waals surface area contributed by atoms with Crippen molar-refractivity contribution < 1.29 is 0 Å². The first-order valence-electron chi connectivity index (χ1n) is 20.7. The Kier molecular flexibility index (Phi) is 11.2. The molecule has 0 saturated heterocycles. The first kappa shape index (κ1) is 41.1. The average Bonchev–Trinajstić information content (AvgIpc) is 3.34. The van der Waals surface area contributed by atoms with E-state index < -0.39 is 0 Å². The molecule has 11 aromatic rings. The third-order valence-electron chi connectivity index (χ3n) is 11.7. The van der Waals surface area contributed by atoms with Crippen molar-refractivity contribution in [2.45, 2.75) is 0 Å². The molecule has 11 rings (SSSR count). The summed E-state index contributed by atoms with van der Waals surface area (Å²) in [7, 11) is 0. The van der Waals surface area contributed by atoms with E-state index in [-0.39, 0.29) is 0 Å². The minimum Gasteiger partial charge on any atom is -0.311 e. The van der Waals surface area contributed by atoms with E-state index in [0.29, 0.717) is 0 Å². The van der Waals surface area contributed by atoms with E-state index in [1.54, 1.807) is 0 Å². The van der Waals surface area contributed by atoms with Crippen molar-refractivity contribution in [3.63, 3.8) is 0 Å². The number of para-hydroxylation sites is 4. The van der Waals surface area contributed by atoms with Crippen LogP contribution >= 0.6 is 77.0 Å². The summed E-state index contributed by atoms with van der Waals surface area (Å²) in [6.45, 7) is 0. The van der Waals surface area contributed by atoms with Gasteiger partial charge in [0.15, 0.2) is 0 Å². The molecule has 0 amide bonds. The topological polar surface area (TPSA) is 32.3 Å². The summed E-state index contributed by atoms with van der Waals surface area (Å²) >= 11 is 12.5. The number of hydrogen-bond donors (Lipinski definition) is 0. The summed E-state index contributed by atoms with van der Waals surface area (Å²) in [5.74, 6) is 0. The SMILES string of the molecule is Brc1cc2c3cc(Br)c(I)cc3c3nc4c(-c5ccc(N(c6ccccc6)c6ccccc6)cc5)ccc(-c5ccc(N(c6ccccc6)c6ccccc6)cc5)c4nc3c2cc1I. The van der Waals surface area contributed by atoms with Gasteiger partial charge < -0.3 is 9.80 Å². The number of benzene rings is 10. The highest BCUT2D eigenvalue weighted by atomic mass is 127. The van der Waals surface area contributed by atoms with Crippen molar-refractivity contribution in [3.05, 3.63) is 222 Å². The van der Waals surface area contributed by atoms with E-state index in [1.165, 1.54) is 0 Å². The lowest BCUT2D eigenvalue weighted by Gasteiger charge is -2.25. The lowest BCUT2D eigenvalue weighted by Crippen LogP contribution is -2.09. The van der Waals surface area contributed by atoms with E-state index in [4.69, 9.17) is 9.97 Å². The van der Waals surface area contributed by atoms with E-state index in [2.05, 4.69) is 293 Å². The second kappa shape index (κ2) is 17.4. The summed E-state index contributed by atoms with van der Waals surface area (Å²) in [5.41, 5.74) is 14.1. The summed E-state index contributed by atoms with van der Waals surface area (Å²) in [6.07, 6.45) is 0. The molecule has 0 aliphatic heterocycles. The predicted octanol–water partition coefficient (Wildman–Crippen LogP) is 18.1. The molecule has 1 aromatic heterocycles. The van der Waals surface area contributed by atoms with Crippen LogP contribution in [0.25, 0.3) is 65.9 Å². The molecule has 0 fully saturated rings. The van der Waals surface area contributed by atoms with Crippen molar-refractivity contribution in [2.24, 2.45) is 0 Å². The van der Waals surface area contributed by atoms with Gasteiger partial charge in [0.2, 0.25) is 0 Å². The van der Waals surface area contributed by atoms with Crippen LogP contribution < -0.4 is 9.80 Å². The summed E-state index contributed by atoms with van der Waals surface area (Å²) in [4.78, 5) is 16.0. The molecule has 0 bridgehead atoms. The predicted molar refractivity (Wildman–Crippen MR) is 293 cm³/mol. The van der Waals surface area contributed by atoms with Gasteiger partial charge in [-0.2, -0.15) is 0 Å². The van der Waals surface area contributed by atoms with Crippen LogP contribution in [0.4, 0.5) is 34.1 Å². The van der Waals surface area contributed by atoms with E-state index >= 15 is 0 Å². The molecular weight excluding hydrogens is 1140 g/mol. The second-order valence-electron chi connectivity index (χ2n) is 15.5. The zero-order valence-corrected chi connectivity index (χ0v) is 41.4. The van der Waals surface area contributed by atoms with Crippen LogP contribution in [0.5, 0.6) is 0 Å². The Morgan fingerprint density at radius 2 is 0.609 bits per heavy atom. The Balaban J connectivity index is 1.13. The molecular formula is C56H34Br2I2N4. The standard InChI is InChI=1S/C56H34Br2I2N4/c57-49-31-45-46-32-50(58)52(60)34-48(46)56-55(47(45)33-51(49)59)61-53-43(35-21-25-41(26-22-35)63(37-13-5-1-6-14-37)38-15-7-2-8-16-38)29-30-44(54(53)62-56)36-23-27-42(28-24-36)64(39-17-9-3-10-18-39)40-19-11-4-12-20-40/h1-34H. The van der Waals surface area contributed by atoms with Gasteiger partial charge in [0.25, 0.3) is 0 Å². The third kappa shape index (κ3) is 7.53. The maximum absolute atomic E-state index is 5.71. The van der Waals surface area contributed by atoms with Crippen LogP contribution in [-0.2, 0) is 0 Å². The molecule has 306 valence electrons. The monoisotopic (exact) mass is 1170 g/mol.